The summed E-state index contributed by atoms with van der Waals surface area (Å²) in [5.41, 5.74) is 1.43. The summed E-state index contributed by atoms with van der Waals surface area (Å²) in [5, 5.41) is 14.1. The molecule has 1 saturated carbocycles. The number of benzene rings is 1. The van der Waals surface area contributed by atoms with E-state index in [1.807, 2.05) is 19.1 Å². The smallest absolute Gasteiger partial charge is 0.295 e. The molecule has 1 unspecified atom stereocenters. The summed E-state index contributed by atoms with van der Waals surface area (Å²) in [4.78, 5) is 31.8. The number of nitrogens with one attached hydrogen (secondary N) is 1. The average molecular weight is 395 g/mol. The van der Waals surface area contributed by atoms with E-state index in [2.05, 4.69) is 15.3 Å². The largest absolute Gasteiger partial charge is 0.492 e. The lowest BCUT2D eigenvalue weighted by molar-refractivity contribution is -0.383. The van der Waals surface area contributed by atoms with Crippen molar-refractivity contribution >= 4 is 22.6 Å². The zero-order chi connectivity index (χ0) is 20.4. The van der Waals surface area contributed by atoms with Gasteiger partial charge in [0.1, 0.15) is 17.8 Å². The number of amides is 1. The van der Waals surface area contributed by atoms with Crippen LogP contribution < -0.4 is 10.1 Å². The molecule has 0 spiro atoms. The number of ether oxygens (including phenoxy) is 1. The first-order valence-corrected chi connectivity index (χ1v) is 9.47. The number of hydrogen-bond acceptors (Lipinski definition) is 6. The number of nitro benzene ring substituents is 1. The number of pyridine rings is 1. The number of imidazole rings is 1. The zero-order valence-electron chi connectivity index (χ0n) is 15.9. The highest BCUT2D eigenvalue weighted by Gasteiger charge is 2.22. The second kappa shape index (κ2) is 7.86. The van der Waals surface area contributed by atoms with Crippen LogP contribution in [0.3, 0.4) is 0 Å². The average Bonchev–Trinajstić information content (AvgIpc) is 3.46. The van der Waals surface area contributed by atoms with Gasteiger partial charge in [0, 0.05) is 6.07 Å². The van der Waals surface area contributed by atoms with Crippen molar-refractivity contribution in [3.05, 3.63) is 58.7 Å². The van der Waals surface area contributed by atoms with E-state index in [-0.39, 0.29) is 24.2 Å². The fourth-order valence-corrected chi connectivity index (χ4v) is 3.12. The first-order chi connectivity index (χ1) is 14.0. The van der Waals surface area contributed by atoms with Crippen LogP contribution >= 0.6 is 0 Å². The maximum absolute atomic E-state index is 12.5. The van der Waals surface area contributed by atoms with Crippen molar-refractivity contribution in [2.24, 2.45) is 5.92 Å². The summed E-state index contributed by atoms with van der Waals surface area (Å²) in [5.74, 6) is 1.10. The SMILES string of the molecule is CC(NC(=O)Cn1cnc2cccc([N+](=O)[O-])c21)c1ccc(OCC2CC2)cn1. The number of para-hydroxylation sites is 1. The Hall–Kier alpha value is -3.49. The molecule has 9 nitrogen and oxygen atoms in total. The van der Waals surface area contributed by atoms with Crippen molar-refractivity contribution in [3.63, 3.8) is 0 Å². The van der Waals surface area contributed by atoms with Gasteiger partial charge in [-0.05, 0) is 43.9 Å². The molecule has 29 heavy (non-hydrogen) atoms. The van der Waals surface area contributed by atoms with Gasteiger partial charge in [-0.15, -0.1) is 0 Å². The lowest BCUT2D eigenvalue weighted by atomic mass is 10.2. The van der Waals surface area contributed by atoms with E-state index in [1.165, 1.54) is 29.8 Å². The van der Waals surface area contributed by atoms with Gasteiger partial charge >= 0.3 is 0 Å². The molecule has 4 rings (SSSR count). The third-order valence-corrected chi connectivity index (χ3v) is 4.89. The third kappa shape index (κ3) is 4.34. The van der Waals surface area contributed by atoms with Crippen molar-refractivity contribution in [3.8, 4) is 5.75 Å². The highest BCUT2D eigenvalue weighted by Crippen LogP contribution is 2.29. The second-order valence-corrected chi connectivity index (χ2v) is 7.24. The van der Waals surface area contributed by atoms with E-state index in [0.717, 1.165) is 12.4 Å². The lowest BCUT2D eigenvalue weighted by Crippen LogP contribution is -2.30. The summed E-state index contributed by atoms with van der Waals surface area (Å²) in [6, 6.07) is 8.01. The number of fused-ring (bicyclic) bond motifs is 1. The van der Waals surface area contributed by atoms with Crippen LogP contribution in [0, 0.1) is 16.0 Å². The van der Waals surface area contributed by atoms with Gasteiger partial charge < -0.3 is 14.6 Å². The number of nitrogens with zero attached hydrogens (tertiary/aromatic N) is 4. The minimum Gasteiger partial charge on any atom is -0.492 e. The van der Waals surface area contributed by atoms with Gasteiger partial charge in [0.2, 0.25) is 5.91 Å². The van der Waals surface area contributed by atoms with E-state index in [0.29, 0.717) is 22.6 Å². The molecule has 0 bridgehead atoms. The van der Waals surface area contributed by atoms with Crippen LogP contribution in [0.5, 0.6) is 5.75 Å². The Balaban J connectivity index is 1.40. The molecule has 1 N–H and O–H groups in total. The zero-order valence-corrected chi connectivity index (χ0v) is 15.9. The van der Waals surface area contributed by atoms with Gasteiger partial charge in [-0.25, -0.2) is 4.98 Å². The number of aromatic nitrogens is 3. The molecule has 2 aromatic heterocycles. The van der Waals surface area contributed by atoms with Crippen LogP contribution in [0.2, 0.25) is 0 Å². The molecule has 0 radical (unpaired) electrons. The standard InChI is InChI=1S/C20H21N5O4/c1-13(16-8-7-15(9-21-16)29-11-14-5-6-14)23-19(26)10-24-12-22-17-3-2-4-18(20(17)24)25(27)28/h2-4,7-9,12-14H,5-6,10-11H2,1H3,(H,23,26). The fourth-order valence-electron chi connectivity index (χ4n) is 3.12. The Morgan fingerprint density at radius 3 is 2.86 bits per heavy atom. The maximum Gasteiger partial charge on any atom is 0.295 e. The van der Waals surface area contributed by atoms with Crippen LogP contribution in [-0.2, 0) is 11.3 Å². The van der Waals surface area contributed by atoms with Gasteiger partial charge in [-0.1, -0.05) is 6.07 Å². The highest BCUT2D eigenvalue weighted by molar-refractivity contribution is 5.87. The van der Waals surface area contributed by atoms with Gasteiger partial charge in [0.15, 0.2) is 0 Å². The van der Waals surface area contributed by atoms with Crippen molar-refractivity contribution in [1.82, 2.24) is 19.9 Å². The monoisotopic (exact) mass is 395 g/mol. The molecule has 1 atom stereocenters. The minimum atomic E-state index is -0.474. The van der Waals surface area contributed by atoms with Gasteiger partial charge in [0.25, 0.3) is 5.69 Å². The van der Waals surface area contributed by atoms with Crippen LogP contribution in [0.25, 0.3) is 11.0 Å². The summed E-state index contributed by atoms with van der Waals surface area (Å²) in [7, 11) is 0. The number of nitro groups is 1. The van der Waals surface area contributed by atoms with Crippen LogP contribution in [0.1, 0.15) is 31.5 Å². The molecule has 1 amide bonds. The topological polar surface area (TPSA) is 112 Å². The van der Waals surface area contributed by atoms with Crippen molar-refractivity contribution < 1.29 is 14.5 Å². The quantitative estimate of drug-likeness (QED) is 0.463. The Kier molecular flexibility index (Phi) is 5.11. The lowest BCUT2D eigenvalue weighted by Gasteiger charge is -2.14. The van der Waals surface area contributed by atoms with Crippen molar-refractivity contribution in [2.45, 2.75) is 32.4 Å². The molecule has 150 valence electrons. The van der Waals surface area contributed by atoms with Gasteiger partial charge in [-0.3, -0.25) is 19.9 Å². The van der Waals surface area contributed by atoms with Crippen molar-refractivity contribution in [1.29, 1.82) is 0 Å². The van der Waals surface area contributed by atoms with E-state index in [4.69, 9.17) is 4.74 Å². The van der Waals surface area contributed by atoms with Crippen molar-refractivity contribution in [2.75, 3.05) is 6.61 Å². The molecule has 1 aliphatic carbocycles. The summed E-state index contributed by atoms with van der Waals surface area (Å²) >= 11 is 0. The maximum atomic E-state index is 12.5. The molecule has 2 heterocycles. The molecule has 0 aliphatic heterocycles. The normalized spacial score (nSPS) is 14.5. The fraction of sp³-hybridized carbons (Fsp3) is 0.350. The van der Waals surface area contributed by atoms with Gasteiger partial charge in [-0.2, -0.15) is 0 Å². The molecular formula is C20H21N5O4. The molecule has 1 aliphatic rings. The van der Waals surface area contributed by atoms with E-state index in [9.17, 15) is 14.9 Å². The molecular weight excluding hydrogens is 374 g/mol. The Morgan fingerprint density at radius 2 is 2.17 bits per heavy atom. The molecule has 1 fully saturated rings. The Bertz CT molecular complexity index is 1040. The predicted molar refractivity (Wildman–Crippen MR) is 105 cm³/mol. The number of carbonyl (C=O) groups excluding carboxylic acids is 1. The van der Waals surface area contributed by atoms with E-state index in [1.54, 1.807) is 18.3 Å². The summed E-state index contributed by atoms with van der Waals surface area (Å²) in [6.07, 6.45) is 5.55. The molecule has 1 aromatic carbocycles. The molecule has 0 saturated heterocycles. The third-order valence-electron chi connectivity index (χ3n) is 4.89. The Labute approximate surface area is 166 Å². The van der Waals surface area contributed by atoms with Gasteiger partial charge in [0.05, 0.1) is 41.3 Å². The molecule has 3 aromatic rings. The van der Waals surface area contributed by atoms with E-state index >= 15 is 0 Å². The number of hydrogen-bond donors (Lipinski definition) is 1. The number of rotatable bonds is 8. The van der Waals surface area contributed by atoms with Crippen LogP contribution in [0.15, 0.2) is 42.9 Å². The highest BCUT2D eigenvalue weighted by atomic mass is 16.6. The van der Waals surface area contributed by atoms with Crippen LogP contribution in [-0.4, -0.2) is 32.0 Å². The predicted octanol–water partition coefficient (Wildman–Crippen LogP) is 3.01. The van der Waals surface area contributed by atoms with Crippen LogP contribution in [0.4, 0.5) is 5.69 Å². The first kappa shape index (κ1) is 18.9. The molecule has 9 heteroatoms. The summed E-state index contributed by atoms with van der Waals surface area (Å²) in [6.45, 7) is 2.48. The second-order valence-electron chi connectivity index (χ2n) is 7.24. The number of non-ortho nitro benzene ring substituents is 1. The summed E-state index contributed by atoms with van der Waals surface area (Å²) < 4.78 is 7.16. The van der Waals surface area contributed by atoms with E-state index < -0.39 is 4.92 Å². The number of carbonyl (C=O) groups is 1. The minimum absolute atomic E-state index is 0.0751. The first-order valence-electron chi connectivity index (χ1n) is 9.47. The Morgan fingerprint density at radius 1 is 1.34 bits per heavy atom.